The van der Waals surface area contributed by atoms with Crippen molar-refractivity contribution in [2.45, 2.75) is 0 Å². The number of carbonyl (C=O) groups excluding carboxylic acids is 2. The Labute approximate surface area is 99.6 Å². The molecule has 3 N–H and O–H groups in total. The van der Waals surface area contributed by atoms with Crippen LogP contribution in [0.25, 0.3) is 0 Å². The molecule has 1 aliphatic rings. The average molecular weight is 233 g/mol. The lowest BCUT2D eigenvalue weighted by Gasteiger charge is -2.27. The van der Waals surface area contributed by atoms with Crippen LogP contribution < -0.4 is 11.1 Å². The maximum absolute atomic E-state index is 12.2. The zero-order valence-corrected chi connectivity index (χ0v) is 9.48. The number of nitrogens with one attached hydrogen (secondary N) is 1. The summed E-state index contributed by atoms with van der Waals surface area (Å²) in [6, 6.07) is 6.67. The number of nitrogens with zero attached hydrogens (tertiary/aromatic N) is 1. The molecule has 17 heavy (non-hydrogen) atoms. The van der Waals surface area contributed by atoms with Crippen molar-refractivity contribution in [3.8, 4) is 0 Å². The van der Waals surface area contributed by atoms with Gasteiger partial charge in [-0.05, 0) is 12.1 Å². The Hall–Kier alpha value is -1.88. The highest BCUT2D eigenvalue weighted by Gasteiger charge is 2.21. The quantitative estimate of drug-likeness (QED) is 0.744. The van der Waals surface area contributed by atoms with E-state index >= 15 is 0 Å². The first kappa shape index (κ1) is 11.6. The first-order chi connectivity index (χ1) is 8.20. The van der Waals surface area contributed by atoms with Gasteiger partial charge in [0.15, 0.2) is 0 Å². The van der Waals surface area contributed by atoms with Gasteiger partial charge in [-0.25, -0.2) is 0 Å². The molecule has 0 radical (unpaired) electrons. The molecule has 1 aromatic rings. The van der Waals surface area contributed by atoms with Crippen LogP contribution in [-0.2, 0) is 0 Å². The molecule has 5 nitrogen and oxygen atoms in total. The first-order valence-corrected chi connectivity index (χ1v) is 5.59. The van der Waals surface area contributed by atoms with Crippen LogP contribution in [0.4, 0.5) is 0 Å². The monoisotopic (exact) mass is 233 g/mol. The van der Waals surface area contributed by atoms with Crippen LogP contribution in [0.15, 0.2) is 24.3 Å². The zero-order valence-electron chi connectivity index (χ0n) is 9.48. The molecule has 1 saturated heterocycles. The minimum Gasteiger partial charge on any atom is -0.366 e. The van der Waals surface area contributed by atoms with Crippen molar-refractivity contribution in [3.63, 3.8) is 0 Å². The Kier molecular flexibility index (Phi) is 3.39. The van der Waals surface area contributed by atoms with Gasteiger partial charge in [-0.2, -0.15) is 0 Å². The van der Waals surface area contributed by atoms with Gasteiger partial charge in [0.1, 0.15) is 0 Å². The van der Waals surface area contributed by atoms with E-state index in [1.165, 1.54) is 0 Å². The molecule has 2 amide bonds. The lowest BCUT2D eigenvalue weighted by Crippen LogP contribution is -2.46. The average Bonchev–Trinajstić information content (AvgIpc) is 2.39. The Morgan fingerprint density at radius 1 is 1.12 bits per heavy atom. The SMILES string of the molecule is NC(=O)c1ccccc1C(=O)N1CCNCC1. The topological polar surface area (TPSA) is 75.4 Å². The number of rotatable bonds is 2. The smallest absolute Gasteiger partial charge is 0.254 e. The van der Waals surface area contributed by atoms with Crippen LogP contribution in [-0.4, -0.2) is 42.9 Å². The van der Waals surface area contributed by atoms with Crippen molar-refractivity contribution in [2.24, 2.45) is 5.73 Å². The van der Waals surface area contributed by atoms with E-state index in [4.69, 9.17) is 5.73 Å². The summed E-state index contributed by atoms with van der Waals surface area (Å²) in [5.41, 5.74) is 5.94. The number of nitrogens with two attached hydrogens (primary N) is 1. The molecule has 0 unspecified atom stereocenters. The molecule has 0 bridgehead atoms. The van der Waals surface area contributed by atoms with E-state index in [0.717, 1.165) is 13.1 Å². The second-order valence-corrected chi connectivity index (χ2v) is 3.95. The van der Waals surface area contributed by atoms with Crippen molar-refractivity contribution in [2.75, 3.05) is 26.2 Å². The van der Waals surface area contributed by atoms with Gasteiger partial charge in [0, 0.05) is 26.2 Å². The maximum atomic E-state index is 12.2. The molecule has 1 aromatic carbocycles. The molecule has 0 spiro atoms. The van der Waals surface area contributed by atoms with Crippen LogP contribution in [0, 0.1) is 0 Å². The van der Waals surface area contributed by atoms with Crippen molar-refractivity contribution in [1.82, 2.24) is 10.2 Å². The number of amides is 2. The van der Waals surface area contributed by atoms with Crippen molar-refractivity contribution < 1.29 is 9.59 Å². The Morgan fingerprint density at radius 2 is 1.71 bits per heavy atom. The van der Waals surface area contributed by atoms with Gasteiger partial charge in [-0.3, -0.25) is 9.59 Å². The van der Waals surface area contributed by atoms with E-state index in [1.54, 1.807) is 29.2 Å². The number of benzene rings is 1. The third-order valence-electron chi connectivity index (χ3n) is 2.83. The number of carbonyl (C=O) groups is 2. The normalized spacial score (nSPS) is 15.6. The highest BCUT2D eigenvalue weighted by Crippen LogP contribution is 2.11. The Bertz CT molecular complexity index is 439. The molecule has 1 heterocycles. The Morgan fingerprint density at radius 3 is 2.29 bits per heavy atom. The fourth-order valence-electron chi connectivity index (χ4n) is 1.92. The summed E-state index contributed by atoms with van der Waals surface area (Å²) in [4.78, 5) is 25.2. The molecular weight excluding hydrogens is 218 g/mol. The van der Waals surface area contributed by atoms with Gasteiger partial charge in [0.05, 0.1) is 11.1 Å². The van der Waals surface area contributed by atoms with E-state index in [1.807, 2.05) is 0 Å². The summed E-state index contributed by atoms with van der Waals surface area (Å²) in [6.07, 6.45) is 0. The molecule has 2 rings (SSSR count). The summed E-state index contributed by atoms with van der Waals surface area (Å²) in [5.74, 6) is -0.690. The highest BCUT2D eigenvalue weighted by atomic mass is 16.2. The number of hydrogen-bond donors (Lipinski definition) is 2. The predicted octanol–water partition coefficient (Wildman–Crippen LogP) is -0.169. The highest BCUT2D eigenvalue weighted by molar-refractivity contribution is 6.06. The number of piperazine rings is 1. The number of primary amides is 1. The van der Waals surface area contributed by atoms with E-state index in [-0.39, 0.29) is 11.5 Å². The van der Waals surface area contributed by atoms with Crippen molar-refractivity contribution >= 4 is 11.8 Å². The maximum Gasteiger partial charge on any atom is 0.254 e. The lowest BCUT2D eigenvalue weighted by molar-refractivity contribution is 0.0731. The van der Waals surface area contributed by atoms with Gasteiger partial charge >= 0.3 is 0 Å². The summed E-state index contributed by atoms with van der Waals surface area (Å²) in [7, 11) is 0. The van der Waals surface area contributed by atoms with Gasteiger partial charge in [0.25, 0.3) is 5.91 Å². The standard InChI is InChI=1S/C12H15N3O2/c13-11(16)9-3-1-2-4-10(9)12(17)15-7-5-14-6-8-15/h1-4,14H,5-8H2,(H2,13,16). The minimum atomic E-state index is -0.566. The summed E-state index contributed by atoms with van der Waals surface area (Å²) >= 11 is 0. The second-order valence-electron chi connectivity index (χ2n) is 3.95. The minimum absolute atomic E-state index is 0.124. The molecule has 1 aliphatic heterocycles. The van der Waals surface area contributed by atoms with Crippen molar-refractivity contribution in [3.05, 3.63) is 35.4 Å². The molecule has 1 fully saturated rings. The molecule has 0 aromatic heterocycles. The first-order valence-electron chi connectivity index (χ1n) is 5.59. The van der Waals surface area contributed by atoms with Crippen LogP contribution in [0.2, 0.25) is 0 Å². The fourth-order valence-corrected chi connectivity index (χ4v) is 1.92. The predicted molar refractivity (Wildman–Crippen MR) is 63.7 cm³/mol. The van der Waals surface area contributed by atoms with Crippen LogP contribution in [0.1, 0.15) is 20.7 Å². The van der Waals surface area contributed by atoms with Crippen LogP contribution >= 0.6 is 0 Å². The zero-order chi connectivity index (χ0) is 12.3. The second kappa shape index (κ2) is 4.97. The Balaban J connectivity index is 2.26. The van der Waals surface area contributed by atoms with E-state index in [2.05, 4.69) is 5.32 Å². The van der Waals surface area contributed by atoms with Gasteiger partial charge in [-0.15, -0.1) is 0 Å². The summed E-state index contributed by atoms with van der Waals surface area (Å²) < 4.78 is 0. The van der Waals surface area contributed by atoms with Gasteiger partial charge in [0.2, 0.25) is 5.91 Å². The molecular formula is C12H15N3O2. The fraction of sp³-hybridized carbons (Fsp3) is 0.333. The van der Waals surface area contributed by atoms with Crippen LogP contribution in [0.5, 0.6) is 0 Å². The van der Waals surface area contributed by atoms with E-state index in [9.17, 15) is 9.59 Å². The van der Waals surface area contributed by atoms with Crippen LogP contribution in [0.3, 0.4) is 0 Å². The lowest BCUT2D eigenvalue weighted by atomic mass is 10.1. The van der Waals surface area contributed by atoms with E-state index < -0.39 is 5.91 Å². The molecule has 0 saturated carbocycles. The number of hydrogen-bond acceptors (Lipinski definition) is 3. The molecule has 0 atom stereocenters. The largest absolute Gasteiger partial charge is 0.366 e. The van der Waals surface area contributed by atoms with Gasteiger partial charge in [-0.1, -0.05) is 12.1 Å². The summed E-state index contributed by atoms with van der Waals surface area (Å²) in [5, 5.41) is 3.17. The third kappa shape index (κ3) is 2.45. The van der Waals surface area contributed by atoms with Crippen molar-refractivity contribution in [1.29, 1.82) is 0 Å². The third-order valence-corrected chi connectivity index (χ3v) is 2.83. The van der Waals surface area contributed by atoms with Gasteiger partial charge < -0.3 is 16.0 Å². The molecule has 0 aliphatic carbocycles. The van der Waals surface area contributed by atoms with E-state index in [0.29, 0.717) is 18.7 Å². The molecule has 90 valence electrons. The molecule has 5 heteroatoms. The summed E-state index contributed by atoms with van der Waals surface area (Å²) in [6.45, 7) is 2.88.